The predicted octanol–water partition coefficient (Wildman–Crippen LogP) is 3.95. The molecule has 0 saturated heterocycles. The Kier molecular flexibility index (Phi) is 6.39. The molecule has 0 aliphatic carbocycles. The molecule has 0 fully saturated rings. The second-order valence-electron chi connectivity index (χ2n) is 6.41. The first-order chi connectivity index (χ1) is 12.3. The van der Waals surface area contributed by atoms with Gasteiger partial charge in [0, 0.05) is 5.69 Å². The minimum atomic E-state index is -0.926. The van der Waals surface area contributed by atoms with Gasteiger partial charge in [-0.1, -0.05) is 30.3 Å². The van der Waals surface area contributed by atoms with Crippen LogP contribution in [0.2, 0.25) is 0 Å². The Bertz CT molecular complexity index is 780. The molecule has 1 N–H and O–H groups in total. The highest BCUT2D eigenvalue weighted by molar-refractivity contribution is 5.96. The predicted molar refractivity (Wildman–Crippen MR) is 101 cm³/mol. The van der Waals surface area contributed by atoms with Crippen molar-refractivity contribution in [1.82, 2.24) is 0 Å². The van der Waals surface area contributed by atoms with E-state index >= 15 is 0 Å². The molecule has 0 unspecified atom stereocenters. The van der Waals surface area contributed by atoms with E-state index < -0.39 is 18.2 Å². The first-order valence-electron chi connectivity index (χ1n) is 8.59. The Morgan fingerprint density at radius 3 is 2.15 bits per heavy atom. The molecule has 2 aromatic carbocycles. The molecule has 0 bridgehead atoms. The third-order valence-electron chi connectivity index (χ3n) is 4.03. The first-order valence-corrected chi connectivity index (χ1v) is 8.59. The summed E-state index contributed by atoms with van der Waals surface area (Å²) in [6.45, 7) is 8.91. The summed E-state index contributed by atoms with van der Waals surface area (Å²) < 4.78 is 10.8. The lowest BCUT2D eigenvalue weighted by Crippen LogP contribution is -2.35. The van der Waals surface area contributed by atoms with Crippen LogP contribution in [0.4, 0.5) is 5.69 Å². The van der Waals surface area contributed by atoms with Gasteiger partial charge in [0.2, 0.25) is 0 Å². The molecule has 5 heteroatoms. The van der Waals surface area contributed by atoms with E-state index in [0.29, 0.717) is 5.75 Å². The molecule has 2 aromatic rings. The molecule has 0 radical (unpaired) electrons. The molecule has 0 aliphatic heterocycles. The van der Waals surface area contributed by atoms with E-state index in [9.17, 15) is 9.59 Å². The molecule has 0 saturated carbocycles. The summed E-state index contributed by atoms with van der Waals surface area (Å²) in [6.07, 6.45) is -1.74. The molecule has 5 nitrogen and oxygen atoms in total. The van der Waals surface area contributed by atoms with Gasteiger partial charge in [-0.3, -0.25) is 4.79 Å². The van der Waals surface area contributed by atoms with Crippen molar-refractivity contribution in [3.05, 3.63) is 59.2 Å². The van der Waals surface area contributed by atoms with Crippen molar-refractivity contribution in [3.63, 3.8) is 0 Å². The lowest BCUT2D eigenvalue weighted by Gasteiger charge is -2.19. The Labute approximate surface area is 154 Å². The molecular weight excluding hydrogens is 330 g/mol. The fourth-order valence-corrected chi connectivity index (χ4v) is 2.50. The highest BCUT2D eigenvalue weighted by Crippen LogP contribution is 2.20. The Balaban J connectivity index is 1.94. The van der Waals surface area contributed by atoms with Crippen LogP contribution in [0.1, 0.15) is 30.5 Å². The molecule has 0 aliphatic rings. The van der Waals surface area contributed by atoms with Crippen LogP contribution >= 0.6 is 0 Å². The largest absolute Gasteiger partial charge is 0.479 e. The van der Waals surface area contributed by atoms with Crippen molar-refractivity contribution in [2.45, 2.75) is 46.8 Å². The molecule has 0 heterocycles. The summed E-state index contributed by atoms with van der Waals surface area (Å²) in [6, 6.07) is 13.1. The van der Waals surface area contributed by atoms with Crippen molar-refractivity contribution in [2.24, 2.45) is 0 Å². The molecular formula is C21H25NO4. The van der Waals surface area contributed by atoms with Gasteiger partial charge in [-0.05, 0) is 63.4 Å². The van der Waals surface area contributed by atoms with Crippen molar-refractivity contribution < 1.29 is 19.1 Å². The third-order valence-corrected chi connectivity index (χ3v) is 4.03. The standard InChI is InChI=1S/C21H25NO4/c1-13-8-6-11-18(12-13)25-17(5)21(24)26-16(4)20(23)22-19-14(2)9-7-10-15(19)3/h6-12,16-17H,1-5H3,(H,22,23)/t16-,17+/m1/s1. The Morgan fingerprint density at radius 2 is 1.54 bits per heavy atom. The van der Waals surface area contributed by atoms with E-state index in [-0.39, 0.29) is 5.91 Å². The third kappa shape index (κ3) is 5.09. The molecule has 2 rings (SSSR count). The minimum absolute atomic E-state index is 0.376. The number of esters is 1. The van der Waals surface area contributed by atoms with Crippen LogP contribution in [0.5, 0.6) is 5.75 Å². The van der Waals surface area contributed by atoms with Crippen LogP contribution in [0.15, 0.2) is 42.5 Å². The number of carbonyl (C=O) groups excluding carboxylic acids is 2. The number of aryl methyl sites for hydroxylation is 3. The number of para-hydroxylation sites is 1. The average molecular weight is 355 g/mol. The number of carbonyl (C=O) groups is 2. The van der Waals surface area contributed by atoms with E-state index in [1.54, 1.807) is 19.9 Å². The average Bonchev–Trinajstić information content (AvgIpc) is 2.58. The summed E-state index contributed by atoms with van der Waals surface area (Å²) in [5, 5.41) is 2.82. The van der Waals surface area contributed by atoms with Gasteiger partial charge in [0.25, 0.3) is 5.91 Å². The lowest BCUT2D eigenvalue weighted by atomic mass is 10.1. The first kappa shape index (κ1) is 19.5. The van der Waals surface area contributed by atoms with Crippen molar-refractivity contribution in [3.8, 4) is 5.75 Å². The van der Waals surface area contributed by atoms with E-state index in [1.165, 1.54) is 0 Å². The highest BCUT2D eigenvalue weighted by Gasteiger charge is 2.24. The van der Waals surface area contributed by atoms with Crippen molar-refractivity contribution >= 4 is 17.6 Å². The molecule has 2 atom stereocenters. The van der Waals surface area contributed by atoms with E-state index in [4.69, 9.17) is 9.47 Å². The van der Waals surface area contributed by atoms with Gasteiger partial charge in [0.1, 0.15) is 5.75 Å². The van der Waals surface area contributed by atoms with Gasteiger partial charge >= 0.3 is 5.97 Å². The van der Waals surface area contributed by atoms with Gasteiger partial charge in [-0.25, -0.2) is 4.79 Å². The summed E-state index contributed by atoms with van der Waals surface area (Å²) in [5.41, 5.74) is 3.68. The van der Waals surface area contributed by atoms with Gasteiger partial charge in [0.15, 0.2) is 12.2 Å². The van der Waals surface area contributed by atoms with E-state index in [1.807, 2.05) is 57.2 Å². The van der Waals surface area contributed by atoms with Crippen LogP contribution < -0.4 is 10.1 Å². The number of nitrogens with one attached hydrogen (secondary N) is 1. The van der Waals surface area contributed by atoms with Gasteiger partial charge < -0.3 is 14.8 Å². The number of ether oxygens (including phenoxy) is 2. The van der Waals surface area contributed by atoms with Gasteiger partial charge in [-0.15, -0.1) is 0 Å². The van der Waals surface area contributed by atoms with Gasteiger partial charge in [-0.2, -0.15) is 0 Å². The monoisotopic (exact) mass is 355 g/mol. The smallest absolute Gasteiger partial charge is 0.347 e. The van der Waals surface area contributed by atoms with Crippen molar-refractivity contribution in [2.75, 3.05) is 5.32 Å². The van der Waals surface area contributed by atoms with Gasteiger partial charge in [0.05, 0.1) is 0 Å². The maximum atomic E-state index is 12.3. The summed E-state index contributed by atoms with van der Waals surface area (Å²) in [7, 11) is 0. The summed E-state index contributed by atoms with van der Waals surface area (Å²) in [5.74, 6) is -0.378. The number of benzene rings is 2. The van der Waals surface area contributed by atoms with Crippen LogP contribution in [0.3, 0.4) is 0 Å². The zero-order chi connectivity index (χ0) is 19.3. The van der Waals surface area contributed by atoms with Crippen LogP contribution in [0.25, 0.3) is 0 Å². The van der Waals surface area contributed by atoms with Crippen LogP contribution in [-0.4, -0.2) is 24.1 Å². The zero-order valence-electron chi connectivity index (χ0n) is 15.8. The zero-order valence-corrected chi connectivity index (χ0v) is 15.8. The number of hydrogen-bond donors (Lipinski definition) is 1. The maximum Gasteiger partial charge on any atom is 0.347 e. The Morgan fingerprint density at radius 1 is 0.923 bits per heavy atom. The number of anilines is 1. The topological polar surface area (TPSA) is 64.6 Å². The lowest BCUT2D eigenvalue weighted by molar-refractivity contribution is -0.159. The number of rotatable bonds is 6. The fourth-order valence-electron chi connectivity index (χ4n) is 2.50. The Hall–Kier alpha value is -2.82. The van der Waals surface area contributed by atoms with Crippen LogP contribution in [0, 0.1) is 20.8 Å². The quantitative estimate of drug-likeness (QED) is 0.797. The van der Waals surface area contributed by atoms with E-state index in [0.717, 1.165) is 22.4 Å². The number of amides is 1. The molecule has 1 amide bonds. The fraction of sp³-hybridized carbons (Fsp3) is 0.333. The molecule has 26 heavy (non-hydrogen) atoms. The molecule has 138 valence electrons. The van der Waals surface area contributed by atoms with E-state index in [2.05, 4.69) is 5.32 Å². The summed E-state index contributed by atoms with van der Waals surface area (Å²) in [4.78, 5) is 24.6. The highest BCUT2D eigenvalue weighted by atomic mass is 16.6. The maximum absolute atomic E-state index is 12.3. The normalized spacial score (nSPS) is 12.8. The minimum Gasteiger partial charge on any atom is -0.479 e. The second-order valence-corrected chi connectivity index (χ2v) is 6.41. The second kappa shape index (κ2) is 8.52. The molecule has 0 aromatic heterocycles. The van der Waals surface area contributed by atoms with Crippen LogP contribution in [-0.2, 0) is 14.3 Å². The summed E-state index contributed by atoms with van der Waals surface area (Å²) >= 11 is 0. The molecule has 0 spiro atoms. The van der Waals surface area contributed by atoms with Crippen molar-refractivity contribution in [1.29, 1.82) is 0 Å². The number of hydrogen-bond acceptors (Lipinski definition) is 4. The SMILES string of the molecule is Cc1cccc(O[C@@H](C)C(=O)O[C@H](C)C(=O)Nc2c(C)cccc2C)c1.